The summed E-state index contributed by atoms with van der Waals surface area (Å²) >= 11 is 1.38. The Kier molecular flexibility index (Phi) is 9.37. The second-order valence-corrected chi connectivity index (χ2v) is 14.2. The van der Waals surface area contributed by atoms with Gasteiger partial charge in [0.1, 0.15) is 0 Å². The van der Waals surface area contributed by atoms with Gasteiger partial charge in [-0.2, -0.15) is 0 Å². The Labute approximate surface area is 244 Å². The van der Waals surface area contributed by atoms with Crippen LogP contribution in [0.3, 0.4) is 0 Å². The van der Waals surface area contributed by atoms with Gasteiger partial charge in [-0.3, -0.25) is 19.8 Å². The third-order valence-electron chi connectivity index (χ3n) is 7.46. The number of hydrogen-bond acceptors (Lipinski definition) is 10. The van der Waals surface area contributed by atoms with Crippen LogP contribution in [0.25, 0.3) is 0 Å². The first-order valence-electron chi connectivity index (χ1n) is 14.2. The molecule has 0 bridgehead atoms. The van der Waals surface area contributed by atoms with Crippen LogP contribution in [0.15, 0.2) is 40.5 Å². The van der Waals surface area contributed by atoms with Crippen molar-refractivity contribution in [2.75, 3.05) is 38.2 Å². The Hall–Kier alpha value is -2.87. The molecule has 3 aliphatic rings. The van der Waals surface area contributed by atoms with E-state index in [4.69, 9.17) is 9.57 Å². The van der Waals surface area contributed by atoms with E-state index in [0.29, 0.717) is 62.7 Å². The summed E-state index contributed by atoms with van der Waals surface area (Å²) < 4.78 is 30.6. The Morgan fingerprint density at radius 1 is 1.20 bits per heavy atom. The van der Waals surface area contributed by atoms with Crippen molar-refractivity contribution in [2.45, 2.75) is 74.8 Å². The lowest BCUT2D eigenvalue weighted by molar-refractivity contribution is -0.135. The molecule has 0 radical (unpaired) electrons. The lowest BCUT2D eigenvalue weighted by Crippen LogP contribution is -2.53. The molecule has 0 spiro atoms. The Balaban J connectivity index is 1.24. The second kappa shape index (κ2) is 13.0. The normalized spacial score (nSPS) is 22.1. The van der Waals surface area contributed by atoms with Crippen LogP contribution >= 0.6 is 11.3 Å². The fourth-order valence-corrected chi connectivity index (χ4v) is 7.55. The number of aromatic nitrogens is 1. The summed E-state index contributed by atoms with van der Waals surface area (Å²) in [5.74, 6) is -0.289. The Morgan fingerprint density at radius 3 is 2.63 bits per heavy atom. The van der Waals surface area contributed by atoms with Gasteiger partial charge in [-0.15, -0.1) is 11.3 Å². The summed E-state index contributed by atoms with van der Waals surface area (Å²) in [4.78, 5) is 41.2. The van der Waals surface area contributed by atoms with Gasteiger partial charge in [0, 0.05) is 61.7 Å². The van der Waals surface area contributed by atoms with Gasteiger partial charge in [-0.05, 0) is 38.3 Å². The van der Waals surface area contributed by atoms with E-state index >= 15 is 0 Å². The maximum absolute atomic E-state index is 13.4. The quantitative estimate of drug-likeness (QED) is 0.306. The first-order chi connectivity index (χ1) is 19.7. The largest absolute Gasteiger partial charge is 0.389 e. The minimum Gasteiger partial charge on any atom is -0.389 e. The maximum atomic E-state index is 13.4. The van der Waals surface area contributed by atoms with Crippen LogP contribution in [0, 0.1) is 0 Å². The van der Waals surface area contributed by atoms with Crippen LogP contribution in [0.5, 0.6) is 0 Å². The van der Waals surface area contributed by atoms with Crippen LogP contribution < -0.4 is 5.32 Å². The van der Waals surface area contributed by atoms with E-state index in [1.54, 1.807) is 18.3 Å². The van der Waals surface area contributed by atoms with Gasteiger partial charge in [-0.25, -0.2) is 13.4 Å². The molecule has 2 saturated heterocycles. The molecule has 1 aromatic carbocycles. The first-order valence-corrected chi connectivity index (χ1v) is 16.5. The highest BCUT2D eigenvalue weighted by molar-refractivity contribution is 7.92. The van der Waals surface area contributed by atoms with Gasteiger partial charge < -0.3 is 14.5 Å². The third-order valence-corrected chi connectivity index (χ3v) is 10.6. The number of thiazole rings is 1. The highest BCUT2D eigenvalue weighted by atomic mass is 32.2. The molecule has 1 saturated carbocycles. The molecule has 3 heterocycles. The SMILES string of the molecule is CCCC(=O)N1CCN(Cc2cnc(NC(=O)/C(=N/O[C@@H]3CCOC3)c3ccc(S(=O)(=O)C4CC4)cc3)s2)C[C@@H]1C. The number of oxime groups is 1. The number of rotatable bonds is 11. The number of amides is 2. The van der Waals surface area contributed by atoms with Crippen LogP contribution in [-0.4, -0.2) is 91.0 Å². The van der Waals surface area contributed by atoms with E-state index in [9.17, 15) is 18.0 Å². The lowest BCUT2D eigenvalue weighted by atomic mass is 10.1. The summed E-state index contributed by atoms with van der Waals surface area (Å²) in [6, 6.07) is 6.35. The van der Waals surface area contributed by atoms with E-state index in [0.717, 1.165) is 24.4 Å². The number of carbonyl (C=O) groups is 2. The highest BCUT2D eigenvalue weighted by Gasteiger charge is 2.37. The Morgan fingerprint density at radius 2 is 1.98 bits per heavy atom. The molecule has 1 N–H and O–H groups in total. The molecule has 2 amide bonds. The average molecular weight is 604 g/mol. The molecule has 13 heteroatoms. The van der Waals surface area contributed by atoms with E-state index in [1.807, 2.05) is 11.8 Å². The molecule has 3 fully saturated rings. The maximum Gasteiger partial charge on any atom is 0.280 e. The third kappa shape index (κ3) is 7.32. The molecule has 2 aromatic rings. The average Bonchev–Trinajstić information content (AvgIpc) is 3.53. The van der Waals surface area contributed by atoms with Crippen molar-refractivity contribution in [1.29, 1.82) is 0 Å². The second-order valence-electron chi connectivity index (χ2n) is 10.8. The minimum absolute atomic E-state index is 0.0331. The number of carbonyl (C=O) groups excluding carboxylic acids is 2. The molecular weight excluding hydrogens is 566 g/mol. The predicted molar refractivity (Wildman–Crippen MR) is 156 cm³/mol. The summed E-state index contributed by atoms with van der Waals surface area (Å²) in [5.41, 5.74) is 0.475. The molecule has 222 valence electrons. The van der Waals surface area contributed by atoms with Gasteiger partial charge >= 0.3 is 0 Å². The summed E-state index contributed by atoms with van der Waals surface area (Å²) in [6.07, 6.45) is 4.96. The fraction of sp³-hybridized carbons (Fsp3) is 0.571. The number of nitrogens with one attached hydrogen (secondary N) is 1. The molecule has 11 nitrogen and oxygen atoms in total. The molecule has 5 rings (SSSR count). The molecule has 0 unspecified atom stereocenters. The van der Waals surface area contributed by atoms with Crippen molar-refractivity contribution in [3.05, 3.63) is 40.9 Å². The van der Waals surface area contributed by atoms with Crippen LogP contribution in [0.4, 0.5) is 5.13 Å². The van der Waals surface area contributed by atoms with E-state index < -0.39 is 15.7 Å². The monoisotopic (exact) mass is 603 g/mol. The number of benzene rings is 1. The number of nitrogens with zero attached hydrogens (tertiary/aromatic N) is 4. The summed E-state index contributed by atoms with van der Waals surface area (Å²) in [7, 11) is -3.35. The molecule has 1 aromatic heterocycles. The van der Waals surface area contributed by atoms with Crippen LogP contribution in [-0.2, 0) is 35.5 Å². The molecule has 1 aliphatic carbocycles. The number of hydrogen-bond donors (Lipinski definition) is 1. The summed E-state index contributed by atoms with van der Waals surface area (Å²) in [5, 5.41) is 7.11. The fourth-order valence-electron chi connectivity index (χ4n) is 5.04. The van der Waals surface area contributed by atoms with E-state index in [2.05, 4.69) is 27.3 Å². The topological polar surface area (TPSA) is 130 Å². The zero-order chi connectivity index (χ0) is 29.0. The molecule has 41 heavy (non-hydrogen) atoms. The highest BCUT2D eigenvalue weighted by Crippen LogP contribution is 2.33. The molecule has 2 atom stereocenters. The number of ether oxygens (including phenoxy) is 1. The van der Waals surface area contributed by atoms with Crippen LogP contribution in [0.2, 0.25) is 0 Å². The van der Waals surface area contributed by atoms with Crippen LogP contribution in [0.1, 0.15) is 56.4 Å². The minimum atomic E-state index is -3.35. The van der Waals surface area contributed by atoms with Crippen molar-refractivity contribution in [2.24, 2.45) is 5.16 Å². The lowest BCUT2D eigenvalue weighted by Gasteiger charge is -2.39. The van der Waals surface area contributed by atoms with E-state index in [1.165, 1.54) is 23.5 Å². The zero-order valence-corrected chi connectivity index (χ0v) is 25.1. The smallest absolute Gasteiger partial charge is 0.280 e. The van der Waals surface area contributed by atoms with Gasteiger partial charge in [0.05, 0.1) is 23.4 Å². The van der Waals surface area contributed by atoms with Gasteiger partial charge in [-0.1, -0.05) is 24.2 Å². The number of piperazine rings is 1. The first kappa shape index (κ1) is 29.6. The Bertz CT molecular complexity index is 1370. The van der Waals surface area contributed by atoms with Crippen molar-refractivity contribution in [1.82, 2.24) is 14.8 Å². The van der Waals surface area contributed by atoms with Gasteiger partial charge in [0.15, 0.2) is 26.8 Å². The standard InChI is InChI=1S/C28H37N5O6S2/c1-3-4-25(34)33-13-12-32(16-19(33)2)17-22-15-29-28(40-22)30-27(35)26(31-39-21-11-14-38-18-21)20-5-7-23(8-6-20)41(36,37)24-9-10-24/h5-8,15,19,21,24H,3-4,9-14,16-18H2,1-2H3,(H,29,30,35)/b31-26+/t19-,21+/m0/s1. The van der Waals surface area contributed by atoms with Crippen molar-refractivity contribution < 1.29 is 27.6 Å². The molecule has 2 aliphatic heterocycles. The predicted octanol–water partition coefficient (Wildman–Crippen LogP) is 3.06. The van der Waals surface area contributed by atoms with Gasteiger partial charge in [0.25, 0.3) is 5.91 Å². The summed E-state index contributed by atoms with van der Waals surface area (Å²) in [6.45, 7) is 8.00. The molecular formula is C28H37N5O6S2. The number of sulfone groups is 1. The van der Waals surface area contributed by atoms with Crippen molar-refractivity contribution >= 4 is 43.8 Å². The zero-order valence-electron chi connectivity index (χ0n) is 23.5. The number of anilines is 1. The van der Waals surface area contributed by atoms with Crippen molar-refractivity contribution in [3.63, 3.8) is 0 Å². The van der Waals surface area contributed by atoms with E-state index in [-0.39, 0.29) is 33.9 Å². The van der Waals surface area contributed by atoms with Crippen molar-refractivity contribution in [3.8, 4) is 0 Å². The van der Waals surface area contributed by atoms with Gasteiger partial charge in [0.2, 0.25) is 5.91 Å².